The smallest absolute Gasteiger partial charge is 0.243 e. The van der Waals surface area contributed by atoms with Gasteiger partial charge in [-0.1, -0.05) is 113 Å². The third-order valence-corrected chi connectivity index (χ3v) is 7.66. The number of amides is 1. The van der Waals surface area contributed by atoms with Gasteiger partial charge in [-0.25, -0.2) is 0 Å². The van der Waals surface area contributed by atoms with Crippen LogP contribution in [0.1, 0.15) is 56.7 Å². The van der Waals surface area contributed by atoms with Gasteiger partial charge in [0, 0.05) is 0 Å². The number of hydrogen-bond acceptors (Lipinski definition) is 2. The van der Waals surface area contributed by atoms with Gasteiger partial charge in [-0.15, -0.1) is 0 Å². The van der Waals surface area contributed by atoms with E-state index in [1.165, 1.54) is 75.4 Å². The molecule has 4 aromatic rings. The lowest BCUT2D eigenvalue weighted by Crippen LogP contribution is -2.26. The number of carbonyl (C=O) groups is 1. The monoisotopic (exact) mass is 545 g/mol. The van der Waals surface area contributed by atoms with Gasteiger partial charge in [0.2, 0.25) is 5.91 Å². The normalized spacial score (nSPS) is 10.8. The molecule has 3 heteroatoms. The molecule has 3 nitrogen and oxygen atoms in total. The van der Waals surface area contributed by atoms with Crippen molar-refractivity contribution in [3.8, 4) is 39.1 Å². The van der Waals surface area contributed by atoms with Gasteiger partial charge in [0.05, 0.1) is 6.54 Å². The third-order valence-electron chi connectivity index (χ3n) is 7.66. The number of aryl methyl sites for hydroxylation is 3. The van der Waals surface area contributed by atoms with Crippen LogP contribution >= 0.6 is 0 Å². The number of nitrogens with one attached hydrogen (secondary N) is 1. The Labute approximate surface area is 246 Å². The first kappa shape index (κ1) is 29.9. The van der Waals surface area contributed by atoms with E-state index in [0.29, 0.717) is 13.2 Å². The van der Waals surface area contributed by atoms with Crippen LogP contribution in [-0.4, -0.2) is 19.1 Å². The maximum atomic E-state index is 11.3. The molecule has 0 radical (unpaired) electrons. The Morgan fingerprint density at radius 3 is 1.93 bits per heavy atom. The molecular formula is C38H43NO2. The first-order valence-corrected chi connectivity index (χ1v) is 15.0. The first-order valence-electron chi connectivity index (χ1n) is 15.0. The Morgan fingerprint density at radius 2 is 1.32 bits per heavy atom. The molecule has 0 fully saturated rings. The summed E-state index contributed by atoms with van der Waals surface area (Å²) in [5.41, 5.74) is 11.5. The number of carbonyl (C=O) groups excluding carboxylic acids is 1. The molecule has 1 amide bonds. The van der Waals surface area contributed by atoms with Crippen LogP contribution in [0.25, 0.3) is 33.4 Å². The van der Waals surface area contributed by atoms with Crippen molar-refractivity contribution in [2.75, 3.05) is 13.2 Å². The van der Waals surface area contributed by atoms with Crippen molar-refractivity contribution in [1.82, 2.24) is 5.32 Å². The highest BCUT2D eigenvalue weighted by atomic mass is 16.5. The van der Waals surface area contributed by atoms with Gasteiger partial charge in [-0.3, -0.25) is 4.79 Å². The summed E-state index contributed by atoms with van der Waals surface area (Å²) in [7, 11) is 0. The molecule has 0 saturated carbocycles. The number of benzene rings is 4. The Kier molecular flexibility index (Phi) is 11.0. The second kappa shape index (κ2) is 15.0. The minimum absolute atomic E-state index is 0.188. The summed E-state index contributed by atoms with van der Waals surface area (Å²) in [5, 5.41) is 2.73. The van der Waals surface area contributed by atoms with Gasteiger partial charge >= 0.3 is 0 Å². The molecule has 0 aliphatic heterocycles. The van der Waals surface area contributed by atoms with Crippen molar-refractivity contribution in [2.24, 2.45) is 0 Å². The minimum Gasteiger partial charge on any atom is -0.492 e. The van der Waals surface area contributed by atoms with Crippen LogP contribution in [0.15, 0.2) is 97.6 Å². The van der Waals surface area contributed by atoms with Crippen LogP contribution < -0.4 is 10.1 Å². The summed E-state index contributed by atoms with van der Waals surface area (Å²) in [5.74, 6) is 0.625. The Morgan fingerprint density at radius 1 is 0.732 bits per heavy atom. The van der Waals surface area contributed by atoms with Gasteiger partial charge in [0.25, 0.3) is 0 Å². The Bertz CT molecular complexity index is 1430. The highest BCUT2D eigenvalue weighted by Gasteiger charge is 2.10. The second-order valence-corrected chi connectivity index (χ2v) is 10.5. The molecule has 4 rings (SSSR count). The van der Waals surface area contributed by atoms with Crippen LogP contribution in [0.3, 0.4) is 0 Å². The fraction of sp³-hybridized carbons (Fsp3) is 0.289. The zero-order chi connectivity index (χ0) is 29.0. The summed E-state index contributed by atoms with van der Waals surface area (Å²) >= 11 is 0. The largest absolute Gasteiger partial charge is 0.492 e. The molecule has 0 aliphatic rings. The fourth-order valence-electron chi connectivity index (χ4n) is 5.27. The molecule has 41 heavy (non-hydrogen) atoms. The fourth-order valence-corrected chi connectivity index (χ4v) is 5.27. The number of unbranched alkanes of at least 4 members (excludes halogenated alkanes) is 2. The van der Waals surface area contributed by atoms with Gasteiger partial charge in [-0.2, -0.15) is 0 Å². The lowest BCUT2D eigenvalue weighted by Gasteiger charge is -2.14. The van der Waals surface area contributed by atoms with E-state index < -0.39 is 0 Å². The zero-order valence-corrected chi connectivity index (χ0v) is 24.8. The van der Waals surface area contributed by atoms with Crippen LogP contribution in [0, 0.1) is 0 Å². The third kappa shape index (κ3) is 7.98. The maximum absolute atomic E-state index is 11.3. The number of rotatable bonds is 14. The van der Waals surface area contributed by atoms with E-state index in [-0.39, 0.29) is 5.91 Å². The van der Waals surface area contributed by atoms with Gasteiger partial charge in [0.1, 0.15) is 12.4 Å². The lowest BCUT2D eigenvalue weighted by atomic mass is 9.91. The Balaban J connectivity index is 1.47. The predicted octanol–water partition coefficient (Wildman–Crippen LogP) is 9.23. The summed E-state index contributed by atoms with van der Waals surface area (Å²) in [6.07, 6.45) is 8.14. The quantitative estimate of drug-likeness (QED) is 0.127. The molecule has 212 valence electrons. The first-order chi connectivity index (χ1) is 20.1. The summed E-state index contributed by atoms with van der Waals surface area (Å²) in [4.78, 5) is 11.3. The molecule has 0 bridgehead atoms. The molecule has 0 unspecified atom stereocenters. The topological polar surface area (TPSA) is 38.3 Å². The predicted molar refractivity (Wildman–Crippen MR) is 173 cm³/mol. The standard InChI is InChI=1S/C38H43NO2/c1-5-9-10-11-28-12-14-31(15-13-28)34-20-22-36(29(6-2)26-34)32-16-18-33(19-17-32)37-23-21-35(27-30(37)7-3)41-25-24-39-38(40)8-4/h8,12-23,26-27H,4-7,9-11,24-25H2,1-3H3,(H,39,40). The van der Waals surface area contributed by atoms with Gasteiger partial charge < -0.3 is 10.1 Å². The molecule has 0 atom stereocenters. The molecule has 0 aromatic heterocycles. The molecule has 4 aromatic carbocycles. The van der Waals surface area contributed by atoms with Crippen LogP contribution in [0.4, 0.5) is 0 Å². The van der Waals surface area contributed by atoms with Gasteiger partial charge in [0.15, 0.2) is 0 Å². The van der Waals surface area contributed by atoms with Crippen LogP contribution in [-0.2, 0) is 24.1 Å². The molecule has 0 saturated heterocycles. The highest BCUT2D eigenvalue weighted by Crippen LogP contribution is 2.33. The average molecular weight is 546 g/mol. The summed E-state index contributed by atoms with van der Waals surface area (Å²) < 4.78 is 5.85. The summed E-state index contributed by atoms with van der Waals surface area (Å²) in [6, 6.07) is 31.2. The molecule has 0 aliphatic carbocycles. The lowest BCUT2D eigenvalue weighted by molar-refractivity contribution is -0.116. The van der Waals surface area contributed by atoms with E-state index >= 15 is 0 Å². The second-order valence-electron chi connectivity index (χ2n) is 10.5. The average Bonchev–Trinajstić information content (AvgIpc) is 3.03. The minimum atomic E-state index is -0.188. The molecular weight excluding hydrogens is 502 g/mol. The van der Waals surface area contributed by atoms with Crippen molar-refractivity contribution in [3.05, 3.63) is 114 Å². The van der Waals surface area contributed by atoms with E-state index in [9.17, 15) is 4.79 Å². The van der Waals surface area contributed by atoms with E-state index in [0.717, 1.165) is 25.0 Å². The highest BCUT2D eigenvalue weighted by molar-refractivity contribution is 5.86. The van der Waals surface area contributed by atoms with Crippen LogP contribution in [0.2, 0.25) is 0 Å². The van der Waals surface area contributed by atoms with E-state index in [1.807, 2.05) is 6.07 Å². The van der Waals surface area contributed by atoms with Crippen LogP contribution in [0.5, 0.6) is 5.75 Å². The van der Waals surface area contributed by atoms with Crippen molar-refractivity contribution in [3.63, 3.8) is 0 Å². The Hall–Kier alpha value is -4.11. The zero-order valence-electron chi connectivity index (χ0n) is 24.8. The maximum Gasteiger partial charge on any atom is 0.243 e. The molecule has 0 spiro atoms. The van der Waals surface area contributed by atoms with Crippen molar-refractivity contribution in [1.29, 1.82) is 0 Å². The molecule has 1 N–H and O–H groups in total. The van der Waals surface area contributed by atoms with E-state index in [1.54, 1.807) is 0 Å². The molecule has 0 heterocycles. The van der Waals surface area contributed by atoms with E-state index in [2.05, 4.69) is 112 Å². The van der Waals surface area contributed by atoms with Gasteiger partial charge in [-0.05, 0) is 94.0 Å². The van der Waals surface area contributed by atoms with Crippen molar-refractivity contribution >= 4 is 5.91 Å². The van der Waals surface area contributed by atoms with Crippen molar-refractivity contribution < 1.29 is 9.53 Å². The van der Waals surface area contributed by atoms with Crippen molar-refractivity contribution in [2.45, 2.75) is 59.3 Å². The van der Waals surface area contributed by atoms with E-state index in [4.69, 9.17) is 4.74 Å². The number of ether oxygens (including phenoxy) is 1. The number of hydrogen-bond donors (Lipinski definition) is 1. The SMILES string of the molecule is C=CC(=O)NCCOc1ccc(-c2ccc(-c3ccc(-c4ccc(CCCCC)cc4)cc3CC)cc2)c(CC)c1. The summed E-state index contributed by atoms with van der Waals surface area (Å²) in [6.45, 7) is 11.0.